The number of hydrogen-bond donors (Lipinski definition) is 2. The van der Waals surface area contributed by atoms with Gasteiger partial charge in [-0.2, -0.15) is 0 Å². The molecule has 0 spiro atoms. The number of rotatable bonds is 7. The number of nitrogens with zero attached hydrogens (tertiary/aromatic N) is 1. The second-order valence-electron chi connectivity index (χ2n) is 5.99. The van der Waals surface area contributed by atoms with Gasteiger partial charge in [0.1, 0.15) is 5.75 Å². The summed E-state index contributed by atoms with van der Waals surface area (Å²) in [6.07, 6.45) is 1.79. The first-order valence-electron chi connectivity index (χ1n) is 8.28. The molecule has 1 aliphatic rings. The van der Waals surface area contributed by atoms with Gasteiger partial charge in [0.05, 0.1) is 17.7 Å². The van der Waals surface area contributed by atoms with Gasteiger partial charge in [0.15, 0.2) is 0 Å². The Labute approximate surface area is 156 Å². The van der Waals surface area contributed by atoms with Gasteiger partial charge < -0.3 is 14.5 Å². The standard InChI is InChI=1S/C19H18NO6P/c21-18-16-7-1-2-8-17(16)19(22)20(18)10-4-11-26-15-6-3-5-14(13-15)9-12-27(23,24)25/h1-3,5-9,12-13H,4,10-11H2,(H2,23,24,25). The molecule has 8 heteroatoms. The van der Waals surface area contributed by atoms with Crippen molar-refractivity contribution in [3.8, 4) is 5.75 Å². The van der Waals surface area contributed by atoms with Crippen molar-refractivity contribution in [2.75, 3.05) is 13.2 Å². The lowest BCUT2D eigenvalue weighted by atomic mass is 10.1. The Morgan fingerprint density at radius 1 is 1.00 bits per heavy atom. The van der Waals surface area contributed by atoms with E-state index in [0.717, 1.165) is 5.82 Å². The molecular formula is C19H18NO6P. The van der Waals surface area contributed by atoms with Crippen LogP contribution in [0.2, 0.25) is 0 Å². The lowest BCUT2D eigenvalue weighted by molar-refractivity contribution is 0.0646. The Morgan fingerprint density at radius 3 is 2.30 bits per heavy atom. The molecule has 0 atom stereocenters. The van der Waals surface area contributed by atoms with E-state index in [4.69, 9.17) is 14.5 Å². The second-order valence-corrected chi connectivity index (χ2v) is 7.46. The second kappa shape index (κ2) is 7.88. The molecule has 0 saturated heterocycles. The van der Waals surface area contributed by atoms with E-state index < -0.39 is 7.60 Å². The van der Waals surface area contributed by atoms with Crippen LogP contribution in [0.15, 0.2) is 54.3 Å². The largest absolute Gasteiger partial charge is 0.494 e. The molecule has 0 aromatic heterocycles. The predicted molar refractivity (Wildman–Crippen MR) is 99.4 cm³/mol. The fourth-order valence-electron chi connectivity index (χ4n) is 2.75. The summed E-state index contributed by atoms with van der Waals surface area (Å²) >= 11 is 0. The fraction of sp³-hybridized carbons (Fsp3) is 0.158. The number of hydrogen-bond acceptors (Lipinski definition) is 4. The summed E-state index contributed by atoms with van der Waals surface area (Å²) in [5, 5.41) is 0. The van der Waals surface area contributed by atoms with Crippen LogP contribution in [0.25, 0.3) is 6.08 Å². The lowest BCUT2D eigenvalue weighted by Gasteiger charge is -2.14. The highest BCUT2D eigenvalue weighted by Crippen LogP contribution is 2.37. The van der Waals surface area contributed by atoms with Gasteiger partial charge in [-0.25, -0.2) is 0 Å². The molecule has 0 bridgehead atoms. The van der Waals surface area contributed by atoms with Crippen LogP contribution in [0.3, 0.4) is 0 Å². The number of carbonyl (C=O) groups excluding carboxylic acids is 2. The molecule has 0 radical (unpaired) electrons. The molecule has 1 aliphatic heterocycles. The van der Waals surface area contributed by atoms with E-state index in [9.17, 15) is 14.2 Å². The van der Waals surface area contributed by atoms with Gasteiger partial charge in [-0.05, 0) is 42.3 Å². The lowest BCUT2D eigenvalue weighted by Crippen LogP contribution is -2.31. The normalized spacial score (nSPS) is 14.1. The predicted octanol–water partition coefficient (Wildman–Crippen LogP) is 2.90. The van der Waals surface area contributed by atoms with Crippen LogP contribution in [0.4, 0.5) is 0 Å². The van der Waals surface area contributed by atoms with Crippen LogP contribution in [0.1, 0.15) is 32.7 Å². The van der Waals surface area contributed by atoms with E-state index in [0.29, 0.717) is 35.5 Å². The van der Waals surface area contributed by atoms with E-state index in [1.807, 2.05) is 0 Å². The van der Waals surface area contributed by atoms with Crippen LogP contribution in [0.5, 0.6) is 5.75 Å². The first kappa shape index (κ1) is 19.0. The quantitative estimate of drug-likeness (QED) is 0.430. The molecule has 0 unspecified atom stereocenters. The van der Waals surface area contributed by atoms with Gasteiger partial charge in [-0.15, -0.1) is 0 Å². The molecule has 2 N–H and O–H groups in total. The molecular weight excluding hydrogens is 369 g/mol. The molecule has 0 aliphatic carbocycles. The molecule has 2 aromatic carbocycles. The summed E-state index contributed by atoms with van der Waals surface area (Å²) < 4.78 is 16.5. The van der Waals surface area contributed by atoms with Crippen LogP contribution >= 0.6 is 7.60 Å². The maximum atomic E-state index is 12.3. The van der Waals surface area contributed by atoms with Gasteiger partial charge in [-0.3, -0.25) is 19.1 Å². The Kier molecular flexibility index (Phi) is 5.56. The highest BCUT2D eigenvalue weighted by Gasteiger charge is 2.34. The highest BCUT2D eigenvalue weighted by molar-refractivity contribution is 7.55. The van der Waals surface area contributed by atoms with Crippen LogP contribution in [-0.4, -0.2) is 39.7 Å². The topological polar surface area (TPSA) is 104 Å². The van der Waals surface area contributed by atoms with Crippen molar-refractivity contribution in [1.29, 1.82) is 0 Å². The molecule has 1 heterocycles. The first-order valence-corrected chi connectivity index (χ1v) is 9.96. The number of fused-ring (bicyclic) bond motifs is 1. The molecule has 0 fully saturated rings. The third kappa shape index (κ3) is 4.71. The molecule has 7 nitrogen and oxygen atoms in total. The Morgan fingerprint density at radius 2 is 1.67 bits per heavy atom. The van der Waals surface area contributed by atoms with Gasteiger partial charge in [0, 0.05) is 12.4 Å². The van der Waals surface area contributed by atoms with E-state index in [2.05, 4.69) is 0 Å². The molecule has 140 valence electrons. The summed E-state index contributed by atoms with van der Waals surface area (Å²) in [6, 6.07) is 13.5. The van der Waals surface area contributed by atoms with E-state index in [1.54, 1.807) is 48.5 Å². The van der Waals surface area contributed by atoms with Crippen molar-refractivity contribution in [2.24, 2.45) is 0 Å². The maximum absolute atomic E-state index is 12.3. The van der Waals surface area contributed by atoms with Crippen molar-refractivity contribution in [3.05, 3.63) is 71.0 Å². The average molecular weight is 387 g/mol. The summed E-state index contributed by atoms with van der Waals surface area (Å²) in [5.41, 5.74) is 1.44. The smallest absolute Gasteiger partial charge is 0.349 e. The van der Waals surface area contributed by atoms with Crippen molar-refractivity contribution in [2.45, 2.75) is 6.42 Å². The van der Waals surface area contributed by atoms with Crippen molar-refractivity contribution >= 4 is 25.5 Å². The molecule has 27 heavy (non-hydrogen) atoms. The van der Waals surface area contributed by atoms with Gasteiger partial charge in [0.2, 0.25) is 0 Å². The zero-order valence-electron chi connectivity index (χ0n) is 14.3. The van der Waals surface area contributed by atoms with E-state index in [1.165, 1.54) is 11.0 Å². The number of ether oxygens (including phenoxy) is 1. The Bertz CT molecular complexity index is 914. The van der Waals surface area contributed by atoms with E-state index in [-0.39, 0.29) is 18.4 Å². The molecule has 2 amide bonds. The molecule has 2 aromatic rings. The SMILES string of the molecule is O=C1c2ccccc2C(=O)N1CCCOc1cccc(C=CP(=O)(O)O)c1. The number of amides is 2. The molecule has 0 saturated carbocycles. The number of imide groups is 1. The number of benzene rings is 2. The van der Waals surface area contributed by atoms with Crippen molar-refractivity contribution < 1.29 is 28.7 Å². The highest BCUT2D eigenvalue weighted by atomic mass is 31.2. The molecule has 3 rings (SSSR count). The zero-order chi connectivity index (χ0) is 19.4. The zero-order valence-corrected chi connectivity index (χ0v) is 15.2. The summed E-state index contributed by atoms with van der Waals surface area (Å²) in [7, 11) is -4.21. The third-order valence-electron chi connectivity index (χ3n) is 3.99. The number of carbonyl (C=O) groups is 2. The van der Waals surface area contributed by atoms with Crippen molar-refractivity contribution in [3.63, 3.8) is 0 Å². The fourth-order valence-corrected chi connectivity index (χ4v) is 3.11. The Balaban J connectivity index is 1.53. The van der Waals surface area contributed by atoms with Gasteiger partial charge in [0.25, 0.3) is 11.8 Å². The monoisotopic (exact) mass is 387 g/mol. The minimum absolute atomic E-state index is 0.254. The summed E-state index contributed by atoms with van der Waals surface area (Å²) in [5.74, 6) is 0.777. The van der Waals surface area contributed by atoms with E-state index >= 15 is 0 Å². The van der Waals surface area contributed by atoms with Gasteiger partial charge in [-0.1, -0.05) is 24.3 Å². The van der Waals surface area contributed by atoms with Gasteiger partial charge >= 0.3 is 7.60 Å². The first-order chi connectivity index (χ1) is 12.8. The average Bonchev–Trinajstić information content (AvgIpc) is 2.88. The van der Waals surface area contributed by atoms with Crippen molar-refractivity contribution in [1.82, 2.24) is 4.90 Å². The van der Waals surface area contributed by atoms with Crippen LogP contribution in [-0.2, 0) is 4.57 Å². The maximum Gasteiger partial charge on any atom is 0.349 e. The summed E-state index contributed by atoms with van der Waals surface area (Å²) in [6.45, 7) is 0.545. The minimum atomic E-state index is -4.21. The van der Waals surface area contributed by atoms with Crippen LogP contribution < -0.4 is 4.74 Å². The minimum Gasteiger partial charge on any atom is -0.494 e. The summed E-state index contributed by atoms with van der Waals surface area (Å²) in [4.78, 5) is 43.5. The third-order valence-corrected chi connectivity index (χ3v) is 4.53. The Hall–Kier alpha value is -2.73. The van der Waals surface area contributed by atoms with Crippen LogP contribution in [0, 0.1) is 0 Å².